The van der Waals surface area contributed by atoms with E-state index in [1.165, 1.54) is 6.07 Å². The molecule has 0 aliphatic heterocycles. The van der Waals surface area contributed by atoms with E-state index >= 15 is 0 Å². The second-order valence-corrected chi connectivity index (χ2v) is 13.1. The molecule has 5 aliphatic carbocycles. The van der Waals surface area contributed by atoms with Gasteiger partial charge in [-0.2, -0.15) is 4.72 Å². The van der Waals surface area contributed by atoms with Crippen LogP contribution in [-0.2, 0) is 19.6 Å². The minimum absolute atomic E-state index is 0.00304. The highest BCUT2D eigenvalue weighted by Gasteiger charge is 2.59. The molecule has 0 heterocycles. The maximum absolute atomic E-state index is 13.7. The molecule has 0 saturated heterocycles. The predicted molar refractivity (Wildman–Crippen MR) is 130 cm³/mol. The molecule has 2 amide bonds. The average molecular weight is 508 g/mol. The molecule has 186 valence electrons. The summed E-state index contributed by atoms with van der Waals surface area (Å²) in [5.41, 5.74) is -0.977. The zero-order valence-corrected chi connectivity index (χ0v) is 21.4. The Hall–Kier alpha value is -1.64. The molecule has 6 rings (SSSR count). The molecule has 5 aliphatic rings. The third-order valence-electron chi connectivity index (χ3n) is 9.01. The minimum atomic E-state index is -3.93. The van der Waals surface area contributed by atoms with Gasteiger partial charge in [-0.15, -0.1) is 0 Å². The van der Waals surface area contributed by atoms with Crippen molar-refractivity contribution in [2.75, 3.05) is 7.05 Å². The highest BCUT2D eigenvalue weighted by atomic mass is 35.5. The topological polar surface area (TPSA) is 104 Å². The van der Waals surface area contributed by atoms with Gasteiger partial charge in [-0.25, -0.2) is 8.42 Å². The lowest BCUT2D eigenvalue weighted by Crippen LogP contribution is -2.66. The van der Waals surface area contributed by atoms with Crippen LogP contribution in [0.3, 0.4) is 0 Å². The fraction of sp³-hybridized carbons (Fsp3) is 0.680. The number of nitrogens with one attached hydrogen (secondary N) is 3. The zero-order valence-electron chi connectivity index (χ0n) is 19.8. The number of carbonyl (C=O) groups is 2. The summed E-state index contributed by atoms with van der Waals surface area (Å²) < 4.78 is 29.5. The van der Waals surface area contributed by atoms with E-state index in [9.17, 15) is 18.0 Å². The summed E-state index contributed by atoms with van der Waals surface area (Å²) >= 11 is 6.18. The van der Waals surface area contributed by atoms with E-state index in [4.69, 9.17) is 11.6 Å². The Morgan fingerprint density at radius 2 is 1.68 bits per heavy atom. The van der Waals surface area contributed by atoms with Crippen LogP contribution in [0.5, 0.6) is 0 Å². The molecule has 2 unspecified atom stereocenters. The van der Waals surface area contributed by atoms with Gasteiger partial charge in [0.25, 0.3) is 0 Å². The molecule has 4 bridgehead atoms. The molecule has 7 nitrogen and oxygen atoms in total. The van der Waals surface area contributed by atoms with E-state index in [0.717, 1.165) is 44.9 Å². The number of hydrogen-bond donors (Lipinski definition) is 3. The summed E-state index contributed by atoms with van der Waals surface area (Å²) in [6.07, 6.45) is 7.14. The zero-order chi connectivity index (χ0) is 24.3. The van der Waals surface area contributed by atoms with Crippen LogP contribution in [0, 0.1) is 30.1 Å². The van der Waals surface area contributed by atoms with Gasteiger partial charge in [0.1, 0.15) is 5.54 Å². The highest BCUT2D eigenvalue weighted by Crippen LogP contribution is 2.60. The molecule has 5 fully saturated rings. The average Bonchev–Trinajstić information content (AvgIpc) is 3.25. The first kappa shape index (κ1) is 24.1. The molecule has 0 radical (unpaired) electrons. The second-order valence-electron chi connectivity index (χ2n) is 11.1. The van der Waals surface area contributed by atoms with Crippen molar-refractivity contribution in [2.45, 2.75) is 81.2 Å². The standard InChI is InChI=1S/C25H34ClN3O4S/c1-15-19(26)6-5-7-20(15)34(32,33)29-25(8-3-4-9-25)23(31)28-21-17-10-16-11-18(21)14-24(12-16,13-17)22(30)27-2/h5-7,16-18,21,29H,3-4,8-14H2,1-2H3,(H,27,30)(H,28,31). The molecular formula is C25H34ClN3O4S. The minimum Gasteiger partial charge on any atom is -0.359 e. The lowest BCUT2D eigenvalue weighted by atomic mass is 9.47. The van der Waals surface area contributed by atoms with Crippen LogP contribution in [0.25, 0.3) is 0 Å². The van der Waals surface area contributed by atoms with Gasteiger partial charge in [0.15, 0.2) is 0 Å². The normalized spacial score (nSPS) is 33.6. The van der Waals surface area contributed by atoms with Crippen LogP contribution in [0.15, 0.2) is 23.1 Å². The number of benzene rings is 1. The first-order valence-corrected chi connectivity index (χ1v) is 14.3. The third kappa shape index (κ3) is 3.86. The van der Waals surface area contributed by atoms with Crippen molar-refractivity contribution in [3.63, 3.8) is 0 Å². The fourth-order valence-electron chi connectivity index (χ4n) is 7.64. The number of amides is 2. The van der Waals surface area contributed by atoms with Gasteiger partial charge in [-0.1, -0.05) is 30.5 Å². The fourth-order valence-corrected chi connectivity index (χ4v) is 9.56. The van der Waals surface area contributed by atoms with Crippen molar-refractivity contribution in [2.24, 2.45) is 23.2 Å². The maximum atomic E-state index is 13.7. The monoisotopic (exact) mass is 507 g/mol. The van der Waals surface area contributed by atoms with Crippen molar-refractivity contribution in [1.82, 2.24) is 15.4 Å². The predicted octanol–water partition coefficient (Wildman–Crippen LogP) is 3.30. The van der Waals surface area contributed by atoms with Gasteiger partial charge in [0.2, 0.25) is 21.8 Å². The highest BCUT2D eigenvalue weighted by molar-refractivity contribution is 7.89. The van der Waals surface area contributed by atoms with Gasteiger partial charge < -0.3 is 10.6 Å². The van der Waals surface area contributed by atoms with Crippen LogP contribution >= 0.6 is 11.6 Å². The van der Waals surface area contributed by atoms with E-state index in [-0.39, 0.29) is 40.0 Å². The van der Waals surface area contributed by atoms with E-state index in [2.05, 4.69) is 15.4 Å². The second kappa shape index (κ2) is 8.49. The van der Waals surface area contributed by atoms with Gasteiger partial charge >= 0.3 is 0 Å². The largest absolute Gasteiger partial charge is 0.359 e. The van der Waals surface area contributed by atoms with Gasteiger partial charge in [-0.05, 0) is 87.3 Å². The number of sulfonamides is 1. The van der Waals surface area contributed by atoms with Crippen molar-refractivity contribution >= 4 is 33.4 Å². The number of carbonyl (C=O) groups excluding carboxylic acids is 2. The summed E-state index contributed by atoms with van der Waals surface area (Å²) in [6.45, 7) is 1.68. The Kier molecular flexibility index (Phi) is 6.01. The summed E-state index contributed by atoms with van der Waals surface area (Å²) in [6, 6.07) is 4.80. The third-order valence-corrected chi connectivity index (χ3v) is 11.1. The molecule has 34 heavy (non-hydrogen) atoms. The van der Waals surface area contributed by atoms with Crippen molar-refractivity contribution in [1.29, 1.82) is 0 Å². The first-order chi connectivity index (χ1) is 16.1. The van der Waals surface area contributed by atoms with Crippen LogP contribution in [0.4, 0.5) is 0 Å². The number of rotatable bonds is 6. The van der Waals surface area contributed by atoms with E-state index in [1.807, 2.05) is 0 Å². The van der Waals surface area contributed by atoms with Gasteiger partial charge in [-0.3, -0.25) is 9.59 Å². The Morgan fingerprint density at radius 3 is 2.29 bits per heavy atom. The van der Waals surface area contributed by atoms with Crippen molar-refractivity contribution in [3.05, 3.63) is 28.8 Å². The van der Waals surface area contributed by atoms with Gasteiger partial charge in [0, 0.05) is 18.1 Å². The molecular weight excluding hydrogens is 474 g/mol. The lowest BCUT2D eigenvalue weighted by Gasteiger charge is -2.59. The summed E-state index contributed by atoms with van der Waals surface area (Å²) in [4.78, 5) is 26.6. The Bertz CT molecular complexity index is 1100. The molecule has 5 saturated carbocycles. The SMILES string of the molecule is CNC(=O)C12CC3CC(C1)C(NC(=O)C1(NS(=O)(=O)c4cccc(Cl)c4C)CCCC1)C(C3)C2. The van der Waals surface area contributed by atoms with E-state index in [0.29, 0.717) is 29.3 Å². The smallest absolute Gasteiger partial charge is 0.241 e. The molecule has 1 aromatic rings. The number of hydrogen-bond acceptors (Lipinski definition) is 4. The molecule has 0 spiro atoms. The summed E-state index contributed by atoms with van der Waals surface area (Å²) in [5.74, 6) is 0.969. The van der Waals surface area contributed by atoms with Crippen LogP contribution < -0.4 is 15.4 Å². The molecule has 9 heteroatoms. The lowest BCUT2D eigenvalue weighted by molar-refractivity contribution is -0.150. The van der Waals surface area contributed by atoms with Crippen molar-refractivity contribution < 1.29 is 18.0 Å². The Morgan fingerprint density at radius 1 is 1.03 bits per heavy atom. The van der Waals surface area contributed by atoms with E-state index < -0.39 is 15.6 Å². The van der Waals surface area contributed by atoms with Crippen molar-refractivity contribution in [3.8, 4) is 0 Å². The van der Waals surface area contributed by atoms with Crippen LogP contribution in [0.2, 0.25) is 5.02 Å². The van der Waals surface area contributed by atoms with Gasteiger partial charge in [0.05, 0.1) is 10.3 Å². The molecule has 0 aromatic heterocycles. The molecule has 2 atom stereocenters. The maximum Gasteiger partial charge on any atom is 0.241 e. The number of halogens is 1. The van der Waals surface area contributed by atoms with Crippen LogP contribution in [-0.4, -0.2) is 38.9 Å². The first-order valence-electron chi connectivity index (χ1n) is 12.4. The summed E-state index contributed by atoms with van der Waals surface area (Å²) in [7, 11) is -2.23. The Balaban J connectivity index is 1.37. The van der Waals surface area contributed by atoms with Crippen LogP contribution in [0.1, 0.15) is 63.4 Å². The van der Waals surface area contributed by atoms with E-state index in [1.54, 1.807) is 26.1 Å². The quantitative estimate of drug-likeness (QED) is 0.549. The summed E-state index contributed by atoms with van der Waals surface area (Å²) in [5, 5.41) is 6.54. The Labute approximate surface area is 206 Å². The molecule has 3 N–H and O–H groups in total. The molecule has 1 aromatic carbocycles.